The molecule has 3 N–H and O–H groups in total. The smallest absolute Gasteiger partial charge is 0.354 e. The van der Waals surface area contributed by atoms with Crippen LogP contribution in [0.15, 0.2) is 18.2 Å². The first-order valence-corrected chi connectivity index (χ1v) is 8.29. The van der Waals surface area contributed by atoms with Crippen LogP contribution in [0.3, 0.4) is 0 Å². The number of nitrogens with one attached hydrogen (secondary N) is 2. The first-order chi connectivity index (χ1) is 11.5. The quantitative estimate of drug-likeness (QED) is 0.735. The van der Waals surface area contributed by atoms with Crippen molar-refractivity contribution in [3.63, 3.8) is 0 Å². The van der Waals surface area contributed by atoms with Gasteiger partial charge in [-0.05, 0) is 31.4 Å². The van der Waals surface area contributed by atoms with Crippen LogP contribution >= 0.6 is 0 Å². The molecule has 1 fully saturated rings. The van der Waals surface area contributed by atoms with Gasteiger partial charge in [0.2, 0.25) is 5.91 Å². The zero-order valence-corrected chi connectivity index (χ0v) is 13.8. The van der Waals surface area contributed by atoms with Crippen molar-refractivity contribution in [2.75, 3.05) is 6.54 Å². The van der Waals surface area contributed by atoms with E-state index in [4.69, 9.17) is 5.11 Å². The minimum atomic E-state index is -1.20. The molecule has 2 amide bonds. The van der Waals surface area contributed by atoms with Gasteiger partial charge in [-0.15, -0.1) is 0 Å². The van der Waals surface area contributed by atoms with E-state index in [1.54, 1.807) is 0 Å². The van der Waals surface area contributed by atoms with Gasteiger partial charge >= 0.3 is 5.97 Å². The minimum Gasteiger partial charge on any atom is -0.477 e. The van der Waals surface area contributed by atoms with Gasteiger partial charge in [-0.1, -0.05) is 32.3 Å². The van der Waals surface area contributed by atoms with Crippen molar-refractivity contribution in [1.29, 1.82) is 0 Å². The number of hydrogen-bond acceptors (Lipinski definition) is 4. The third-order valence-corrected chi connectivity index (χ3v) is 4.23. The van der Waals surface area contributed by atoms with Gasteiger partial charge in [-0.3, -0.25) is 9.59 Å². The number of carboxylic acid groups (broad SMARTS) is 1. The average Bonchev–Trinajstić information content (AvgIpc) is 2.60. The Morgan fingerprint density at radius 2 is 1.83 bits per heavy atom. The predicted octanol–water partition coefficient (Wildman–Crippen LogP) is 1.74. The Morgan fingerprint density at radius 3 is 2.46 bits per heavy atom. The number of rotatable bonds is 6. The average molecular weight is 333 g/mol. The van der Waals surface area contributed by atoms with Crippen LogP contribution in [0.1, 0.15) is 66.4 Å². The Bertz CT molecular complexity index is 624. The SMILES string of the molecule is CCCNC(=O)C1(NC(=O)c2cccc(C(=O)O)n2)CCCCC1. The van der Waals surface area contributed by atoms with E-state index in [1.807, 2.05) is 6.92 Å². The Kier molecular flexibility index (Phi) is 5.89. The standard InChI is InChI=1S/C17H23N3O4/c1-2-11-18-16(24)17(9-4-3-5-10-17)20-14(21)12-7-6-8-13(19-12)15(22)23/h6-8H,2-5,9-11H2,1H3,(H,18,24)(H,20,21)(H,22,23). The Labute approximate surface area is 140 Å². The summed E-state index contributed by atoms with van der Waals surface area (Å²) in [4.78, 5) is 39.9. The second-order valence-corrected chi connectivity index (χ2v) is 6.07. The normalized spacial score (nSPS) is 16.2. The van der Waals surface area contributed by atoms with Crippen molar-refractivity contribution in [2.45, 2.75) is 51.0 Å². The maximum absolute atomic E-state index is 12.6. The molecule has 2 rings (SSSR count). The van der Waals surface area contributed by atoms with Gasteiger partial charge in [0.1, 0.15) is 16.9 Å². The van der Waals surface area contributed by atoms with Crippen molar-refractivity contribution in [1.82, 2.24) is 15.6 Å². The van der Waals surface area contributed by atoms with Crippen molar-refractivity contribution in [2.24, 2.45) is 0 Å². The molecule has 130 valence electrons. The third kappa shape index (κ3) is 4.10. The number of hydrogen-bond donors (Lipinski definition) is 3. The number of pyridine rings is 1. The lowest BCUT2D eigenvalue weighted by Gasteiger charge is -2.36. The molecule has 7 heteroatoms. The Balaban J connectivity index is 2.19. The molecule has 1 aromatic rings. The largest absolute Gasteiger partial charge is 0.477 e. The van der Waals surface area contributed by atoms with Crippen LogP contribution in [-0.2, 0) is 4.79 Å². The number of aromatic nitrogens is 1. The predicted molar refractivity (Wildman–Crippen MR) is 87.8 cm³/mol. The molecule has 0 bridgehead atoms. The maximum atomic E-state index is 12.6. The van der Waals surface area contributed by atoms with Gasteiger partial charge in [-0.25, -0.2) is 9.78 Å². The van der Waals surface area contributed by atoms with Crippen LogP contribution in [0.5, 0.6) is 0 Å². The number of aromatic carboxylic acids is 1. The molecule has 0 aliphatic heterocycles. The number of carbonyl (C=O) groups is 3. The van der Waals surface area contributed by atoms with Gasteiger partial charge < -0.3 is 15.7 Å². The summed E-state index contributed by atoms with van der Waals surface area (Å²) < 4.78 is 0. The van der Waals surface area contributed by atoms with Crippen molar-refractivity contribution in [3.8, 4) is 0 Å². The van der Waals surface area contributed by atoms with Crippen molar-refractivity contribution >= 4 is 17.8 Å². The molecule has 1 aliphatic carbocycles. The molecule has 0 aromatic carbocycles. The highest BCUT2D eigenvalue weighted by Crippen LogP contribution is 2.29. The molecule has 0 atom stereocenters. The van der Waals surface area contributed by atoms with Crippen LogP contribution in [-0.4, -0.2) is 40.0 Å². The van der Waals surface area contributed by atoms with E-state index < -0.39 is 17.4 Å². The second-order valence-electron chi connectivity index (χ2n) is 6.07. The Hall–Kier alpha value is -2.44. The molecule has 1 saturated carbocycles. The van der Waals surface area contributed by atoms with Gasteiger partial charge in [0.15, 0.2) is 0 Å². The first-order valence-electron chi connectivity index (χ1n) is 8.29. The summed E-state index contributed by atoms with van der Waals surface area (Å²) in [7, 11) is 0. The zero-order valence-electron chi connectivity index (χ0n) is 13.8. The molecule has 0 saturated heterocycles. The van der Waals surface area contributed by atoms with Gasteiger partial charge in [0, 0.05) is 6.54 Å². The molecule has 0 spiro atoms. The van der Waals surface area contributed by atoms with Crippen LogP contribution in [0, 0.1) is 0 Å². The first kappa shape index (κ1) is 17.9. The lowest BCUT2D eigenvalue weighted by Crippen LogP contribution is -2.59. The van der Waals surface area contributed by atoms with E-state index in [9.17, 15) is 14.4 Å². The van der Waals surface area contributed by atoms with Crippen LogP contribution in [0.4, 0.5) is 0 Å². The van der Waals surface area contributed by atoms with Gasteiger partial charge in [-0.2, -0.15) is 0 Å². The lowest BCUT2D eigenvalue weighted by atomic mass is 9.80. The van der Waals surface area contributed by atoms with Crippen LogP contribution in [0.2, 0.25) is 0 Å². The fourth-order valence-electron chi connectivity index (χ4n) is 2.93. The summed E-state index contributed by atoms with van der Waals surface area (Å²) in [6.45, 7) is 2.52. The summed E-state index contributed by atoms with van der Waals surface area (Å²) >= 11 is 0. The third-order valence-electron chi connectivity index (χ3n) is 4.23. The van der Waals surface area contributed by atoms with Gasteiger partial charge in [0.05, 0.1) is 0 Å². The highest BCUT2D eigenvalue weighted by Gasteiger charge is 2.41. The minimum absolute atomic E-state index is 0.00291. The van der Waals surface area contributed by atoms with E-state index in [2.05, 4.69) is 15.6 Å². The topological polar surface area (TPSA) is 108 Å². The summed E-state index contributed by atoms with van der Waals surface area (Å²) in [5, 5.41) is 14.7. The molecule has 0 unspecified atom stereocenters. The lowest BCUT2D eigenvalue weighted by molar-refractivity contribution is -0.128. The fourth-order valence-corrected chi connectivity index (χ4v) is 2.93. The zero-order chi connectivity index (χ0) is 17.6. The van der Waals surface area contributed by atoms with E-state index in [0.29, 0.717) is 19.4 Å². The molecular weight excluding hydrogens is 310 g/mol. The van der Waals surface area contributed by atoms with E-state index in [1.165, 1.54) is 18.2 Å². The van der Waals surface area contributed by atoms with E-state index in [0.717, 1.165) is 25.7 Å². The van der Waals surface area contributed by atoms with Crippen LogP contribution in [0.25, 0.3) is 0 Å². The number of carbonyl (C=O) groups excluding carboxylic acids is 2. The van der Waals surface area contributed by atoms with Crippen molar-refractivity contribution < 1.29 is 19.5 Å². The molecular formula is C17H23N3O4. The van der Waals surface area contributed by atoms with Crippen molar-refractivity contribution in [3.05, 3.63) is 29.6 Å². The summed E-state index contributed by atoms with van der Waals surface area (Å²) in [6.07, 6.45) is 4.73. The molecule has 1 heterocycles. The molecule has 0 radical (unpaired) electrons. The van der Waals surface area contributed by atoms with E-state index in [-0.39, 0.29) is 17.3 Å². The number of carboxylic acids is 1. The molecule has 1 aliphatic rings. The monoisotopic (exact) mass is 333 g/mol. The Morgan fingerprint density at radius 1 is 1.17 bits per heavy atom. The van der Waals surface area contributed by atoms with Gasteiger partial charge in [0.25, 0.3) is 5.91 Å². The molecule has 7 nitrogen and oxygen atoms in total. The van der Waals surface area contributed by atoms with Crippen LogP contribution < -0.4 is 10.6 Å². The summed E-state index contributed by atoms with van der Waals surface area (Å²) in [5.41, 5.74) is -1.13. The summed E-state index contributed by atoms with van der Waals surface area (Å²) in [6, 6.07) is 4.24. The molecule has 1 aromatic heterocycles. The van der Waals surface area contributed by atoms with E-state index >= 15 is 0 Å². The highest BCUT2D eigenvalue weighted by molar-refractivity contribution is 5.99. The fraction of sp³-hybridized carbons (Fsp3) is 0.529. The summed E-state index contributed by atoms with van der Waals surface area (Å²) in [5.74, 6) is -1.89. The number of nitrogens with zero attached hydrogens (tertiary/aromatic N) is 1. The highest BCUT2D eigenvalue weighted by atomic mass is 16.4. The number of amides is 2. The molecule has 24 heavy (non-hydrogen) atoms. The maximum Gasteiger partial charge on any atom is 0.354 e. The second kappa shape index (κ2) is 7.90.